The summed E-state index contributed by atoms with van der Waals surface area (Å²) in [6.07, 6.45) is 3.56. The lowest BCUT2D eigenvalue weighted by molar-refractivity contribution is 0.00989. The van der Waals surface area contributed by atoms with Crippen molar-refractivity contribution in [1.82, 2.24) is 5.32 Å². The minimum Gasteiger partial charge on any atom is -0.396 e. The first kappa shape index (κ1) is 12.9. The lowest BCUT2D eigenvalue weighted by Crippen LogP contribution is -2.44. The molecule has 1 saturated heterocycles. The first-order valence-corrected chi connectivity index (χ1v) is 6.05. The molecule has 0 amide bonds. The second kappa shape index (κ2) is 5.83. The molecule has 3 heteroatoms. The van der Waals surface area contributed by atoms with Crippen molar-refractivity contribution in [3.63, 3.8) is 0 Å². The van der Waals surface area contributed by atoms with Gasteiger partial charge < -0.3 is 15.2 Å². The molecule has 1 fully saturated rings. The van der Waals surface area contributed by atoms with Gasteiger partial charge in [-0.2, -0.15) is 0 Å². The van der Waals surface area contributed by atoms with Crippen molar-refractivity contribution in [3.05, 3.63) is 0 Å². The zero-order valence-corrected chi connectivity index (χ0v) is 10.3. The Hall–Kier alpha value is -0.120. The van der Waals surface area contributed by atoms with Gasteiger partial charge in [-0.1, -0.05) is 13.8 Å². The molecule has 0 spiro atoms. The number of hydrogen-bond donors (Lipinski definition) is 2. The van der Waals surface area contributed by atoms with Crippen LogP contribution in [0, 0.1) is 5.41 Å². The van der Waals surface area contributed by atoms with E-state index < -0.39 is 0 Å². The van der Waals surface area contributed by atoms with Gasteiger partial charge in [-0.05, 0) is 26.2 Å². The Bertz CT molecular complexity index is 180. The van der Waals surface area contributed by atoms with E-state index in [1.807, 2.05) is 0 Å². The third kappa shape index (κ3) is 4.09. The van der Waals surface area contributed by atoms with Crippen LogP contribution >= 0.6 is 0 Å². The van der Waals surface area contributed by atoms with Gasteiger partial charge in [0, 0.05) is 31.2 Å². The van der Waals surface area contributed by atoms with Gasteiger partial charge in [0.05, 0.1) is 6.10 Å². The van der Waals surface area contributed by atoms with Crippen molar-refractivity contribution in [2.75, 3.05) is 19.8 Å². The van der Waals surface area contributed by atoms with E-state index in [1.54, 1.807) is 0 Å². The van der Waals surface area contributed by atoms with Crippen LogP contribution < -0.4 is 5.32 Å². The molecular weight excluding hydrogens is 190 g/mol. The summed E-state index contributed by atoms with van der Waals surface area (Å²) in [7, 11) is 0. The second-order valence-corrected chi connectivity index (χ2v) is 5.11. The second-order valence-electron chi connectivity index (χ2n) is 5.11. The maximum atomic E-state index is 9.30. The average molecular weight is 215 g/mol. The van der Waals surface area contributed by atoms with E-state index in [2.05, 4.69) is 26.1 Å². The smallest absolute Gasteiger partial charge is 0.0561 e. The van der Waals surface area contributed by atoms with Crippen molar-refractivity contribution >= 4 is 0 Å². The summed E-state index contributed by atoms with van der Waals surface area (Å²) < 4.78 is 5.50. The van der Waals surface area contributed by atoms with Crippen LogP contribution in [0.3, 0.4) is 0 Å². The Morgan fingerprint density at radius 3 is 2.80 bits per heavy atom. The summed E-state index contributed by atoms with van der Waals surface area (Å²) in [6.45, 7) is 8.40. The van der Waals surface area contributed by atoms with Crippen LogP contribution in [0.15, 0.2) is 0 Å². The summed E-state index contributed by atoms with van der Waals surface area (Å²) in [5, 5.41) is 12.9. The van der Waals surface area contributed by atoms with Crippen LogP contribution in [-0.4, -0.2) is 37.0 Å². The van der Waals surface area contributed by atoms with Gasteiger partial charge in [0.25, 0.3) is 0 Å². The monoisotopic (exact) mass is 215 g/mol. The standard InChI is InChI=1S/C12H25NO2/c1-4-12(3,9-14)8-13-11-5-6-15-10(2)7-11/h10-11,13-14H,4-9H2,1-3H3. The zero-order valence-electron chi connectivity index (χ0n) is 10.3. The van der Waals surface area contributed by atoms with Crippen LogP contribution in [0.4, 0.5) is 0 Å². The summed E-state index contributed by atoms with van der Waals surface area (Å²) in [4.78, 5) is 0. The van der Waals surface area contributed by atoms with E-state index in [-0.39, 0.29) is 12.0 Å². The molecule has 2 N–H and O–H groups in total. The van der Waals surface area contributed by atoms with Crippen LogP contribution in [0.25, 0.3) is 0 Å². The molecule has 0 aliphatic carbocycles. The first-order chi connectivity index (χ1) is 7.09. The number of nitrogens with one attached hydrogen (secondary N) is 1. The number of aliphatic hydroxyl groups excluding tert-OH is 1. The fourth-order valence-electron chi connectivity index (χ4n) is 1.87. The van der Waals surface area contributed by atoms with E-state index in [9.17, 15) is 5.11 Å². The Kier molecular flexibility index (Phi) is 5.03. The molecule has 3 atom stereocenters. The first-order valence-electron chi connectivity index (χ1n) is 6.05. The van der Waals surface area contributed by atoms with Crippen LogP contribution in [0.5, 0.6) is 0 Å². The summed E-state index contributed by atoms with van der Waals surface area (Å²) in [6, 6.07) is 0.561. The molecule has 0 aromatic carbocycles. The number of aliphatic hydroxyl groups is 1. The minimum absolute atomic E-state index is 0.0293. The van der Waals surface area contributed by atoms with E-state index in [1.165, 1.54) is 0 Å². The van der Waals surface area contributed by atoms with Gasteiger partial charge in [-0.25, -0.2) is 0 Å². The average Bonchev–Trinajstić information content (AvgIpc) is 2.26. The highest BCUT2D eigenvalue weighted by Crippen LogP contribution is 2.20. The molecule has 3 nitrogen and oxygen atoms in total. The SMILES string of the molecule is CCC(C)(CO)CNC1CCOC(C)C1. The number of hydrogen-bond acceptors (Lipinski definition) is 3. The highest BCUT2D eigenvalue weighted by atomic mass is 16.5. The predicted molar refractivity (Wildman–Crippen MR) is 61.9 cm³/mol. The summed E-state index contributed by atoms with van der Waals surface area (Å²) >= 11 is 0. The fraction of sp³-hybridized carbons (Fsp3) is 1.00. The van der Waals surface area contributed by atoms with Crippen molar-refractivity contribution in [2.45, 2.75) is 52.2 Å². The lowest BCUT2D eigenvalue weighted by atomic mass is 9.88. The highest BCUT2D eigenvalue weighted by molar-refractivity contribution is 4.80. The molecule has 15 heavy (non-hydrogen) atoms. The molecular formula is C12H25NO2. The maximum Gasteiger partial charge on any atom is 0.0561 e. The summed E-state index contributed by atoms with van der Waals surface area (Å²) in [5.74, 6) is 0. The largest absolute Gasteiger partial charge is 0.396 e. The number of ether oxygens (including phenoxy) is 1. The van der Waals surface area contributed by atoms with Crippen molar-refractivity contribution in [3.8, 4) is 0 Å². The zero-order chi connectivity index (χ0) is 11.3. The van der Waals surface area contributed by atoms with Crippen molar-refractivity contribution in [2.24, 2.45) is 5.41 Å². The van der Waals surface area contributed by atoms with Gasteiger partial charge >= 0.3 is 0 Å². The maximum absolute atomic E-state index is 9.30. The molecule has 0 bridgehead atoms. The van der Waals surface area contributed by atoms with Gasteiger partial charge in [-0.15, -0.1) is 0 Å². The fourth-order valence-corrected chi connectivity index (χ4v) is 1.87. The van der Waals surface area contributed by atoms with Crippen LogP contribution in [0.2, 0.25) is 0 Å². The van der Waals surface area contributed by atoms with Gasteiger partial charge in [0.15, 0.2) is 0 Å². The third-order valence-corrected chi connectivity index (χ3v) is 3.54. The normalized spacial score (nSPS) is 31.2. The molecule has 0 aromatic rings. The molecule has 1 aliphatic rings. The number of rotatable bonds is 5. The molecule has 1 aliphatic heterocycles. The van der Waals surface area contributed by atoms with Crippen LogP contribution in [-0.2, 0) is 4.74 Å². The Morgan fingerprint density at radius 1 is 1.53 bits per heavy atom. The molecule has 1 rings (SSSR count). The molecule has 1 heterocycles. The Labute approximate surface area is 93.2 Å². The molecule has 0 radical (unpaired) electrons. The molecule has 90 valence electrons. The molecule has 0 saturated carbocycles. The van der Waals surface area contributed by atoms with E-state index >= 15 is 0 Å². The summed E-state index contributed by atoms with van der Waals surface area (Å²) in [5.41, 5.74) is 0.0293. The van der Waals surface area contributed by atoms with Gasteiger partial charge in [-0.3, -0.25) is 0 Å². The van der Waals surface area contributed by atoms with Crippen LogP contribution in [0.1, 0.15) is 40.0 Å². The van der Waals surface area contributed by atoms with Gasteiger partial charge in [0.1, 0.15) is 0 Å². The van der Waals surface area contributed by atoms with E-state index in [0.717, 1.165) is 32.4 Å². The van der Waals surface area contributed by atoms with Gasteiger partial charge in [0.2, 0.25) is 0 Å². The molecule has 0 aromatic heterocycles. The Balaban J connectivity index is 2.29. The predicted octanol–water partition coefficient (Wildman–Crippen LogP) is 1.55. The Morgan fingerprint density at radius 2 is 2.27 bits per heavy atom. The third-order valence-electron chi connectivity index (χ3n) is 3.54. The topological polar surface area (TPSA) is 41.5 Å². The van der Waals surface area contributed by atoms with Crippen molar-refractivity contribution in [1.29, 1.82) is 0 Å². The quantitative estimate of drug-likeness (QED) is 0.731. The lowest BCUT2D eigenvalue weighted by Gasteiger charge is -2.32. The van der Waals surface area contributed by atoms with Crippen molar-refractivity contribution < 1.29 is 9.84 Å². The van der Waals surface area contributed by atoms with E-state index in [4.69, 9.17) is 4.74 Å². The highest BCUT2D eigenvalue weighted by Gasteiger charge is 2.24. The minimum atomic E-state index is 0.0293. The molecule has 3 unspecified atom stereocenters. The van der Waals surface area contributed by atoms with E-state index in [0.29, 0.717) is 12.1 Å².